The highest BCUT2D eigenvalue weighted by molar-refractivity contribution is 5.92. The number of carbonyl (C=O) groups excluding carboxylic acids is 2. The Morgan fingerprint density at radius 3 is 2.58 bits per heavy atom. The third-order valence-corrected chi connectivity index (χ3v) is 5.01. The second-order valence-electron chi connectivity index (χ2n) is 7.13. The number of aromatic nitrogens is 1. The summed E-state index contributed by atoms with van der Waals surface area (Å²) in [5.74, 6) is -0.921. The third kappa shape index (κ3) is 5.32. The zero-order valence-corrected chi connectivity index (χ0v) is 16.8. The first kappa shape index (κ1) is 22.5. The van der Waals surface area contributed by atoms with Crippen molar-refractivity contribution in [2.75, 3.05) is 24.6 Å². The van der Waals surface area contributed by atoms with Crippen LogP contribution < -0.4 is 9.64 Å². The fourth-order valence-corrected chi connectivity index (χ4v) is 3.50. The Morgan fingerprint density at radius 2 is 1.97 bits per heavy atom. The Hall–Kier alpha value is -3.14. The molecule has 1 atom stereocenters. The lowest BCUT2D eigenvalue weighted by molar-refractivity contribution is -0.137. The van der Waals surface area contributed by atoms with Gasteiger partial charge in [0.25, 0.3) is 5.91 Å². The van der Waals surface area contributed by atoms with Gasteiger partial charge in [-0.3, -0.25) is 14.5 Å². The predicted octanol–water partition coefficient (Wildman–Crippen LogP) is 2.63. The van der Waals surface area contributed by atoms with E-state index in [9.17, 15) is 22.8 Å². The molecule has 1 aliphatic rings. The lowest BCUT2D eigenvalue weighted by Gasteiger charge is -2.29. The molecule has 0 spiro atoms. The van der Waals surface area contributed by atoms with Gasteiger partial charge < -0.3 is 14.7 Å². The molecule has 2 aromatic rings. The van der Waals surface area contributed by atoms with Crippen molar-refractivity contribution >= 4 is 17.6 Å². The Bertz CT molecular complexity index is 934. The molecule has 10 heteroatoms. The highest BCUT2D eigenvalue weighted by atomic mass is 19.4. The smallest absolute Gasteiger partial charge is 0.419 e. The Labute approximate surface area is 177 Å². The van der Waals surface area contributed by atoms with E-state index in [0.717, 1.165) is 11.0 Å². The highest BCUT2D eigenvalue weighted by Crippen LogP contribution is 2.36. The molecule has 3 rings (SSSR count). The van der Waals surface area contributed by atoms with Crippen LogP contribution in [0.5, 0.6) is 5.75 Å². The van der Waals surface area contributed by atoms with Gasteiger partial charge in [0.05, 0.1) is 18.2 Å². The number of nitrogens with zero attached hydrogens (tertiary/aromatic N) is 3. The predicted molar refractivity (Wildman–Crippen MR) is 105 cm³/mol. The van der Waals surface area contributed by atoms with Crippen LogP contribution in [0.2, 0.25) is 0 Å². The van der Waals surface area contributed by atoms with Crippen LogP contribution in [0.15, 0.2) is 42.6 Å². The molecule has 1 N–H and O–H groups in total. The van der Waals surface area contributed by atoms with Crippen LogP contribution in [-0.4, -0.2) is 52.5 Å². The quantitative estimate of drug-likeness (QED) is 0.751. The molecule has 1 aromatic heterocycles. The van der Waals surface area contributed by atoms with Gasteiger partial charge in [-0.15, -0.1) is 0 Å². The number of hydrogen-bond acceptors (Lipinski definition) is 5. The second-order valence-corrected chi connectivity index (χ2v) is 7.13. The van der Waals surface area contributed by atoms with E-state index in [0.29, 0.717) is 17.7 Å². The first-order chi connectivity index (χ1) is 14.7. The minimum Gasteiger partial charge on any atom is -0.484 e. The second kappa shape index (κ2) is 9.34. The fraction of sp³-hybridized carbons (Fsp3) is 0.381. The maximum absolute atomic E-state index is 13.4. The van der Waals surface area contributed by atoms with Gasteiger partial charge in [0.15, 0.2) is 6.61 Å². The summed E-state index contributed by atoms with van der Waals surface area (Å²) in [7, 11) is 0. The van der Waals surface area contributed by atoms with Gasteiger partial charge in [0, 0.05) is 26.2 Å². The van der Waals surface area contributed by atoms with Gasteiger partial charge in [0.2, 0.25) is 5.91 Å². The summed E-state index contributed by atoms with van der Waals surface area (Å²) in [5.41, 5.74) is -0.289. The van der Waals surface area contributed by atoms with E-state index in [1.54, 1.807) is 24.3 Å². The van der Waals surface area contributed by atoms with Gasteiger partial charge in [0.1, 0.15) is 11.6 Å². The average molecular weight is 437 g/mol. The van der Waals surface area contributed by atoms with Crippen LogP contribution in [0.1, 0.15) is 24.5 Å². The number of ether oxygens (including phenoxy) is 1. The molecule has 1 aliphatic heterocycles. The molecule has 0 bridgehead atoms. The summed E-state index contributed by atoms with van der Waals surface area (Å²) < 4.78 is 45.7. The number of pyridine rings is 1. The van der Waals surface area contributed by atoms with E-state index in [1.165, 1.54) is 24.1 Å². The van der Waals surface area contributed by atoms with Gasteiger partial charge >= 0.3 is 6.18 Å². The van der Waals surface area contributed by atoms with Crippen molar-refractivity contribution in [1.82, 2.24) is 9.88 Å². The molecule has 0 saturated carbocycles. The Balaban J connectivity index is 1.68. The van der Waals surface area contributed by atoms with E-state index in [1.807, 2.05) is 0 Å². The first-order valence-electron chi connectivity index (χ1n) is 9.63. The van der Waals surface area contributed by atoms with E-state index in [-0.39, 0.29) is 32.2 Å². The van der Waals surface area contributed by atoms with Crippen molar-refractivity contribution in [3.05, 3.63) is 53.7 Å². The number of benzene rings is 1. The van der Waals surface area contributed by atoms with Gasteiger partial charge in [-0.2, -0.15) is 13.2 Å². The summed E-state index contributed by atoms with van der Waals surface area (Å²) in [4.78, 5) is 31.0. The number of aliphatic hydroxyl groups is 1. The third-order valence-electron chi connectivity index (χ3n) is 5.01. The number of carbonyl (C=O) groups is 2. The van der Waals surface area contributed by atoms with E-state index in [4.69, 9.17) is 9.84 Å². The molecule has 1 saturated heterocycles. The number of hydrogen-bond donors (Lipinski definition) is 1. The number of amides is 2. The van der Waals surface area contributed by atoms with Crippen LogP contribution in [0.3, 0.4) is 0 Å². The SMILES string of the molecule is CC(=O)N(c1ncccc1C(F)(F)F)C1CCN(C(=O)COc2ccc(CO)cc2)C1. The monoisotopic (exact) mass is 437 g/mol. The van der Waals surface area contributed by atoms with Crippen LogP contribution in [-0.2, 0) is 22.4 Å². The summed E-state index contributed by atoms with van der Waals surface area (Å²) >= 11 is 0. The van der Waals surface area contributed by atoms with Crippen LogP contribution in [0, 0.1) is 0 Å². The normalized spacial score (nSPS) is 16.3. The molecule has 31 heavy (non-hydrogen) atoms. The van der Waals surface area contributed by atoms with E-state index in [2.05, 4.69) is 4.98 Å². The lowest BCUT2D eigenvalue weighted by atomic mass is 10.1. The summed E-state index contributed by atoms with van der Waals surface area (Å²) in [6, 6.07) is 8.02. The van der Waals surface area contributed by atoms with Crippen LogP contribution >= 0.6 is 0 Å². The zero-order chi connectivity index (χ0) is 22.6. The standard InChI is InChI=1S/C21H22F3N3O4/c1-14(29)27(20-18(21(22,23)24)3-2-9-25-20)16-8-10-26(11-16)19(30)13-31-17-6-4-15(12-28)5-7-17/h2-7,9,16,28H,8,10-13H2,1H3. The first-order valence-corrected chi connectivity index (χ1v) is 9.63. The minimum atomic E-state index is -4.66. The molecular weight excluding hydrogens is 415 g/mol. The highest BCUT2D eigenvalue weighted by Gasteiger charge is 2.40. The summed E-state index contributed by atoms with van der Waals surface area (Å²) in [6.07, 6.45) is -3.14. The molecule has 0 radical (unpaired) electrons. The van der Waals surface area contributed by atoms with Crippen molar-refractivity contribution in [2.24, 2.45) is 0 Å². The maximum Gasteiger partial charge on any atom is 0.419 e. The number of aliphatic hydroxyl groups excluding tert-OH is 1. The fourth-order valence-electron chi connectivity index (χ4n) is 3.50. The number of anilines is 1. The van der Waals surface area contributed by atoms with Crippen molar-refractivity contribution in [2.45, 2.75) is 32.2 Å². The molecule has 1 aromatic carbocycles. The molecule has 7 nitrogen and oxygen atoms in total. The molecule has 2 amide bonds. The van der Waals surface area contributed by atoms with Crippen molar-refractivity contribution < 1.29 is 32.6 Å². The van der Waals surface area contributed by atoms with Crippen molar-refractivity contribution in [1.29, 1.82) is 0 Å². The average Bonchev–Trinajstić information content (AvgIpc) is 3.21. The minimum absolute atomic E-state index is 0.0824. The Kier molecular flexibility index (Phi) is 6.79. The number of alkyl halides is 3. The van der Waals surface area contributed by atoms with Crippen LogP contribution in [0.4, 0.5) is 19.0 Å². The number of rotatable bonds is 6. The molecule has 2 heterocycles. The van der Waals surface area contributed by atoms with E-state index >= 15 is 0 Å². The van der Waals surface area contributed by atoms with Crippen molar-refractivity contribution in [3.63, 3.8) is 0 Å². The molecule has 1 unspecified atom stereocenters. The molecule has 0 aliphatic carbocycles. The summed E-state index contributed by atoms with van der Waals surface area (Å²) in [5, 5.41) is 9.05. The number of halogens is 3. The van der Waals surface area contributed by atoms with Gasteiger partial charge in [-0.1, -0.05) is 12.1 Å². The van der Waals surface area contributed by atoms with Crippen LogP contribution in [0.25, 0.3) is 0 Å². The largest absolute Gasteiger partial charge is 0.484 e. The lowest BCUT2D eigenvalue weighted by Crippen LogP contribution is -2.43. The van der Waals surface area contributed by atoms with E-state index < -0.39 is 29.5 Å². The number of likely N-dealkylation sites (tertiary alicyclic amines) is 1. The molecule has 166 valence electrons. The Morgan fingerprint density at radius 1 is 1.26 bits per heavy atom. The molecular formula is C21H22F3N3O4. The van der Waals surface area contributed by atoms with Crippen molar-refractivity contribution in [3.8, 4) is 5.75 Å². The van der Waals surface area contributed by atoms with Gasteiger partial charge in [-0.25, -0.2) is 4.98 Å². The molecule has 1 fully saturated rings. The summed E-state index contributed by atoms with van der Waals surface area (Å²) in [6.45, 7) is 1.20. The van der Waals surface area contributed by atoms with Gasteiger partial charge in [-0.05, 0) is 36.2 Å². The maximum atomic E-state index is 13.4. The topological polar surface area (TPSA) is 83.0 Å². The zero-order valence-electron chi connectivity index (χ0n) is 16.8.